The Balaban J connectivity index is 1.67. The van der Waals surface area contributed by atoms with E-state index in [9.17, 15) is 23.3 Å². The van der Waals surface area contributed by atoms with Gasteiger partial charge in [0.1, 0.15) is 5.54 Å². The van der Waals surface area contributed by atoms with Crippen LogP contribution < -0.4 is 4.31 Å². The molecular weight excluding hydrogens is 406 g/mol. The quantitative estimate of drug-likeness (QED) is 0.659. The number of amides is 1. The van der Waals surface area contributed by atoms with E-state index in [1.807, 2.05) is 6.92 Å². The summed E-state index contributed by atoms with van der Waals surface area (Å²) in [5, 5.41) is 9.61. The number of carbonyl (C=O) groups is 2. The average Bonchev–Trinajstić information content (AvgIpc) is 3.06. The lowest BCUT2D eigenvalue weighted by Gasteiger charge is -2.38. The van der Waals surface area contributed by atoms with Crippen molar-refractivity contribution in [3.8, 4) is 6.07 Å². The molecule has 1 aliphatic heterocycles. The number of benzene rings is 1. The van der Waals surface area contributed by atoms with Gasteiger partial charge in [-0.15, -0.1) is 0 Å². The summed E-state index contributed by atoms with van der Waals surface area (Å²) in [6, 6.07) is 6.76. The molecule has 1 atom stereocenters. The number of nitriles is 1. The molecular formula is C21H27N3O5S. The highest BCUT2D eigenvalue weighted by molar-refractivity contribution is 7.92. The molecule has 0 saturated heterocycles. The van der Waals surface area contributed by atoms with E-state index in [1.54, 1.807) is 19.2 Å². The fourth-order valence-corrected chi connectivity index (χ4v) is 5.70. The number of hydrogen-bond acceptors (Lipinski definition) is 6. The van der Waals surface area contributed by atoms with Crippen molar-refractivity contribution in [2.24, 2.45) is 0 Å². The molecule has 1 amide bonds. The van der Waals surface area contributed by atoms with Gasteiger partial charge in [0.05, 0.1) is 23.6 Å². The van der Waals surface area contributed by atoms with Gasteiger partial charge >= 0.3 is 5.97 Å². The number of likely N-dealkylation sites (N-methyl/N-ethyl adjacent to an activating group) is 1. The molecule has 1 fully saturated rings. The Kier molecular flexibility index (Phi) is 6.09. The molecule has 0 aromatic heterocycles. The highest BCUT2D eigenvalue weighted by atomic mass is 32.2. The second kappa shape index (κ2) is 8.26. The van der Waals surface area contributed by atoms with Crippen LogP contribution in [0.2, 0.25) is 0 Å². The Morgan fingerprint density at radius 1 is 1.30 bits per heavy atom. The van der Waals surface area contributed by atoms with Crippen LogP contribution in [0, 0.1) is 11.3 Å². The van der Waals surface area contributed by atoms with Crippen LogP contribution in [0.1, 0.15) is 54.9 Å². The van der Waals surface area contributed by atoms with Gasteiger partial charge in [-0.05, 0) is 49.9 Å². The average molecular weight is 434 g/mol. The predicted octanol–water partition coefficient (Wildman–Crippen LogP) is 2.24. The highest BCUT2D eigenvalue weighted by Crippen LogP contribution is 2.35. The molecule has 9 heteroatoms. The molecule has 1 aromatic carbocycles. The lowest BCUT2D eigenvalue weighted by atomic mass is 9.81. The van der Waals surface area contributed by atoms with Crippen LogP contribution in [0.3, 0.4) is 0 Å². The van der Waals surface area contributed by atoms with Gasteiger partial charge in [0, 0.05) is 13.1 Å². The fraction of sp³-hybridized carbons (Fsp3) is 0.571. The SMILES string of the molecule is CC1Cc2cc(C(=O)OCC(=O)N(C)C3(C#N)CCCCC3)ccc2N1S(C)(=O)=O. The molecule has 3 rings (SSSR count). The fourth-order valence-electron chi connectivity index (χ4n) is 4.44. The zero-order valence-electron chi connectivity index (χ0n) is 17.6. The van der Waals surface area contributed by atoms with Crippen LogP contribution in [-0.2, 0) is 26.0 Å². The molecule has 0 bridgehead atoms. The van der Waals surface area contributed by atoms with Crippen molar-refractivity contribution in [3.05, 3.63) is 29.3 Å². The number of fused-ring (bicyclic) bond motifs is 1. The number of rotatable bonds is 5. The number of hydrogen-bond donors (Lipinski definition) is 0. The minimum Gasteiger partial charge on any atom is -0.452 e. The predicted molar refractivity (Wildman–Crippen MR) is 111 cm³/mol. The van der Waals surface area contributed by atoms with Gasteiger partial charge in [0.2, 0.25) is 10.0 Å². The summed E-state index contributed by atoms with van der Waals surface area (Å²) in [6.45, 7) is 1.37. The van der Waals surface area contributed by atoms with E-state index in [4.69, 9.17) is 4.74 Å². The lowest BCUT2D eigenvalue weighted by molar-refractivity contribution is -0.138. The number of anilines is 1. The molecule has 0 radical (unpaired) electrons. The minimum absolute atomic E-state index is 0.228. The third-order valence-electron chi connectivity index (χ3n) is 6.06. The van der Waals surface area contributed by atoms with Crippen LogP contribution in [0.15, 0.2) is 18.2 Å². The number of carbonyl (C=O) groups excluding carboxylic acids is 2. The third kappa shape index (κ3) is 4.15. The zero-order chi connectivity index (χ0) is 22.1. The van der Waals surface area contributed by atoms with Crippen LogP contribution in [0.5, 0.6) is 0 Å². The third-order valence-corrected chi connectivity index (χ3v) is 7.33. The molecule has 1 saturated carbocycles. The molecule has 162 valence electrons. The van der Waals surface area contributed by atoms with Gasteiger partial charge in [-0.2, -0.15) is 5.26 Å². The molecule has 1 heterocycles. The first kappa shape index (κ1) is 22.1. The maximum absolute atomic E-state index is 12.5. The summed E-state index contributed by atoms with van der Waals surface area (Å²) in [4.78, 5) is 26.4. The molecule has 1 unspecified atom stereocenters. The van der Waals surface area contributed by atoms with Crippen molar-refractivity contribution >= 4 is 27.6 Å². The topological polar surface area (TPSA) is 108 Å². The molecule has 0 spiro atoms. The Morgan fingerprint density at radius 3 is 2.57 bits per heavy atom. The van der Waals surface area contributed by atoms with E-state index >= 15 is 0 Å². The Labute approximate surface area is 177 Å². The van der Waals surface area contributed by atoms with Gasteiger partial charge in [0.15, 0.2) is 6.61 Å². The normalized spacial score (nSPS) is 20.2. The molecule has 1 aromatic rings. The Hall–Kier alpha value is -2.60. The first-order valence-corrected chi connectivity index (χ1v) is 11.9. The van der Waals surface area contributed by atoms with Gasteiger partial charge in [0.25, 0.3) is 5.91 Å². The van der Waals surface area contributed by atoms with E-state index in [0.29, 0.717) is 24.9 Å². The maximum Gasteiger partial charge on any atom is 0.338 e. The van der Waals surface area contributed by atoms with Crippen LogP contribution >= 0.6 is 0 Å². The number of ether oxygens (including phenoxy) is 1. The van der Waals surface area contributed by atoms with Gasteiger partial charge in [-0.3, -0.25) is 9.10 Å². The standard InChI is InChI=1S/C21H27N3O5S/c1-15-11-17-12-16(7-8-18(17)24(15)30(3,27)28)20(26)29-13-19(25)23(2)21(14-22)9-5-4-6-10-21/h7-8,12,15H,4-6,9-11,13H2,1-3H3. The van der Waals surface area contributed by atoms with Crippen molar-refractivity contribution in [2.75, 3.05) is 24.2 Å². The zero-order valence-corrected chi connectivity index (χ0v) is 18.4. The molecule has 0 N–H and O–H groups in total. The first-order chi connectivity index (χ1) is 14.1. The summed E-state index contributed by atoms with van der Waals surface area (Å²) in [5.41, 5.74) is 0.738. The van der Waals surface area contributed by atoms with E-state index in [-0.39, 0.29) is 11.6 Å². The van der Waals surface area contributed by atoms with E-state index in [2.05, 4.69) is 6.07 Å². The van der Waals surface area contributed by atoms with E-state index in [0.717, 1.165) is 31.1 Å². The number of esters is 1. The van der Waals surface area contributed by atoms with Crippen molar-refractivity contribution in [1.82, 2.24) is 4.90 Å². The largest absolute Gasteiger partial charge is 0.452 e. The monoisotopic (exact) mass is 433 g/mol. The summed E-state index contributed by atoms with van der Waals surface area (Å²) >= 11 is 0. The van der Waals surface area contributed by atoms with Crippen molar-refractivity contribution in [2.45, 2.75) is 57.0 Å². The maximum atomic E-state index is 12.5. The Morgan fingerprint density at radius 2 is 1.97 bits per heavy atom. The van der Waals surface area contributed by atoms with Crippen molar-refractivity contribution in [3.63, 3.8) is 0 Å². The lowest BCUT2D eigenvalue weighted by Crippen LogP contribution is -2.51. The minimum atomic E-state index is -3.41. The second-order valence-corrected chi connectivity index (χ2v) is 10.0. The summed E-state index contributed by atoms with van der Waals surface area (Å²) in [6.07, 6.45) is 5.73. The molecule has 30 heavy (non-hydrogen) atoms. The smallest absolute Gasteiger partial charge is 0.338 e. The summed E-state index contributed by atoms with van der Waals surface area (Å²) < 4.78 is 30.6. The van der Waals surface area contributed by atoms with Crippen molar-refractivity contribution < 1.29 is 22.7 Å². The summed E-state index contributed by atoms with van der Waals surface area (Å²) in [5.74, 6) is -1.07. The van der Waals surface area contributed by atoms with Crippen LogP contribution in [0.25, 0.3) is 0 Å². The van der Waals surface area contributed by atoms with Gasteiger partial charge < -0.3 is 9.64 Å². The van der Waals surface area contributed by atoms with E-state index < -0.39 is 34.0 Å². The van der Waals surface area contributed by atoms with Crippen molar-refractivity contribution in [1.29, 1.82) is 5.26 Å². The Bertz CT molecular complexity index is 992. The first-order valence-electron chi connectivity index (χ1n) is 10.1. The van der Waals surface area contributed by atoms with Gasteiger partial charge in [-0.1, -0.05) is 19.3 Å². The molecule has 8 nitrogen and oxygen atoms in total. The highest BCUT2D eigenvalue weighted by Gasteiger charge is 2.39. The van der Waals surface area contributed by atoms with Crippen LogP contribution in [-0.4, -0.2) is 56.7 Å². The molecule has 2 aliphatic rings. The van der Waals surface area contributed by atoms with E-state index in [1.165, 1.54) is 15.3 Å². The van der Waals surface area contributed by atoms with Gasteiger partial charge in [-0.25, -0.2) is 13.2 Å². The summed E-state index contributed by atoms with van der Waals surface area (Å²) in [7, 11) is -1.82. The molecule has 1 aliphatic carbocycles. The number of sulfonamides is 1. The second-order valence-electron chi connectivity index (χ2n) is 8.19. The van der Waals surface area contributed by atoms with Crippen LogP contribution in [0.4, 0.5) is 5.69 Å². The number of nitrogens with zero attached hydrogens (tertiary/aromatic N) is 3.